The summed E-state index contributed by atoms with van der Waals surface area (Å²) in [5, 5.41) is 14.6. The molecule has 0 saturated heterocycles. The predicted molar refractivity (Wildman–Crippen MR) is 108 cm³/mol. The Morgan fingerprint density at radius 1 is 1.29 bits per heavy atom. The zero-order valence-corrected chi connectivity index (χ0v) is 16.7. The van der Waals surface area contributed by atoms with Crippen molar-refractivity contribution in [2.75, 3.05) is 0 Å². The number of amides is 1. The Labute approximate surface area is 165 Å². The largest absolute Gasteiger partial charge is 0.349 e. The van der Waals surface area contributed by atoms with Gasteiger partial charge in [0.15, 0.2) is 0 Å². The SMILES string of the molecule is Cc1ccc(-n2ncc3c2CC(C)(C)C[C@@H]3NC(=O)CCc2cn[nH]c2)cc1. The molecular weight excluding hydrogens is 350 g/mol. The molecule has 0 bridgehead atoms. The molecule has 0 unspecified atom stereocenters. The lowest BCUT2D eigenvalue weighted by molar-refractivity contribution is -0.122. The molecule has 28 heavy (non-hydrogen) atoms. The van der Waals surface area contributed by atoms with Crippen molar-refractivity contribution in [1.82, 2.24) is 25.3 Å². The van der Waals surface area contributed by atoms with Gasteiger partial charge in [0.1, 0.15) is 0 Å². The lowest BCUT2D eigenvalue weighted by Crippen LogP contribution is -2.36. The molecule has 0 aliphatic heterocycles. The van der Waals surface area contributed by atoms with Crippen LogP contribution >= 0.6 is 0 Å². The van der Waals surface area contributed by atoms with Crippen molar-refractivity contribution in [3.8, 4) is 5.69 Å². The minimum atomic E-state index is -0.00482. The number of H-pyrrole nitrogens is 1. The Morgan fingerprint density at radius 3 is 2.79 bits per heavy atom. The molecule has 2 N–H and O–H groups in total. The number of carbonyl (C=O) groups is 1. The third-order valence-corrected chi connectivity index (χ3v) is 5.49. The van der Waals surface area contributed by atoms with Crippen LogP contribution in [0.5, 0.6) is 0 Å². The van der Waals surface area contributed by atoms with Gasteiger partial charge in [0, 0.05) is 18.2 Å². The highest BCUT2D eigenvalue weighted by molar-refractivity contribution is 5.76. The van der Waals surface area contributed by atoms with E-state index in [1.165, 1.54) is 11.3 Å². The molecule has 1 amide bonds. The second-order valence-electron chi connectivity index (χ2n) is 8.57. The fraction of sp³-hybridized carbons (Fsp3) is 0.409. The van der Waals surface area contributed by atoms with Crippen molar-refractivity contribution in [3.05, 3.63) is 65.2 Å². The molecule has 1 aromatic carbocycles. The van der Waals surface area contributed by atoms with Gasteiger partial charge in [0.2, 0.25) is 5.91 Å². The number of aromatic nitrogens is 4. The van der Waals surface area contributed by atoms with Crippen LogP contribution in [0.1, 0.15) is 55.1 Å². The standard InChI is InChI=1S/C22H27N5O/c1-15-4-7-17(8-5-15)27-20-11-22(2,3)10-19(18(20)14-25-27)26-21(28)9-6-16-12-23-24-13-16/h4-5,7-8,12-14,19H,6,9-11H2,1-3H3,(H,23,24)(H,26,28)/t19-/m0/s1. The number of aromatic amines is 1. The van der Waals surface area contributed by atoms with E-state index in [0.717, 1.165) is 29.7 Å². The maximum absolute atomic E-state index is 12.6. The Kier molecular flexibility index (Phi) is 4.79. The van der Waals surface area contributed by atoms with E-state index in [2.05, 4.69) is 65.6 Å². The number of nitrogens with zero attached hydrogens (tertiary/aromatic N) is 3. The number of carbonyl (C=O) groups excluding carboxylic acids is 1. The first kappa shape index (κ1) is 18.5. The lowest BCUT2D eigenvalue weighted by Gasteiger charge is -2.36. The number of hydrogen-bond acceptors (Lipinski definition) is 3. The molecule has 1 aliphatic carbocycles. The summed E-state index contributed by atoms with van der Waals surface area (Å²) in [6, 6.07) is 8.40. The fourth-order valence-electron chi connectivity index (χ4n) is 4.02. The zero-order chi connectivity index (χ0) is 19.7. The second kappa shape index (κ2) is 7.26. The number of fused-ring (bicyclic) bond motifs is 1. The minimum Gasteiger partial charge on any atom is -0.349 e. The van der Waals surface area contributed by atoms with Gasteiger partial charge in [-0.2, -0.15) is 10.2 Å². The summed E-state index contributed by atoms with van der Waals surface area (Å²) in [5.74, 6) is 0.0675. The van der Waals surface area contributed by atoms with Gasteiger partial charge in [-0.25, -0.2) is 4.68 Å². The van der Waals surface area contributed by atoms with E-state index >= 15 is 0 Å². The minimum absolute atomic E-state index is 0.00482. The van der Waals surface area contributed by atoms with Crippen LogP contribution in [0.15, 0.2) is 42.9 Å². The molecule has 2 heterocycles. The van der Waals surface area contributed by atoms with Crippen molar-refractivity contribution in [2.24, 2.45) is 5.41 Å². The maximum atomic E-state index is 12.6. The Hall–Kier alpha value is -2.89. The van der Waals surface area contributed by atoms with E-state index in [9.17, 15) is 4.79 Å². The fourth-order valence-corrected chi connectivity index (χ4v) is 4.02. The second-order valence-corrected chi connectivity index (χ2v) is 8.57. The van der Waals surface area contributed by atoms with E-state index in [0.29, 0.717) is 12.8 Å². The zero-order valence-electron chi connectivity index (χ0n) is 16.7. The molecule has 1 aliphatic rings. The third kappa shape index (κ3) is 3.86. The van der Waals surface area contributed by atoms with E-state index in [1.807, 2.05) is 17.1 Å². The van der Waals surface area contributed by atoms with Crippen LogP contribution in [-0.2, 0) is 17.6 Å². The Morgan fingerprint density at radius 2 is 2.07 bits per heavy atom. The first-order chi connectivity index (χ1) is 13.4. The maximum Gasteiger partial charge on any atom is 0.220 e. The van der Waals surface area contributed by atoms with Crippen molar-refractivity contribution < 1.29 is 4.79 Å². The highest BCUT2D eigenvalue weighted by atomic mass is 16.1. The first-order valence-electron chi connectivity index (χ1n) is 9.82. The first-order valence-corrected chi connectivity index (χ1v) is 9.82. The topological polar surface area (TPSA) is 75.6 Å². The summed E-state index contributed by atoms with van der Waals surface area (Å²) in [5.41, 5.74) is 5.77. The van der Waals surface area contributed by atoms with Gasteiger partial charge < -0.3 is 5.32 Å². The molecule has 0 spiro atoms. The molecule has 0 radical (unpaired) electrons. The van der Waals surface area contributed by atoms with Crippen LogP contribution < -0.4 is 5.32 Å². The van der Waals surface area contributed by atoms with Gasteiger partial charge in [-0.05, 0) is 49.3 Å². The van der Waals surface area contributed by atoms with Crippen LogP contribution in [0.4, 0.5) is 0 Å². The number of aryl methyl sites for hydroxylation is 2. The molecule has 146 valence electrons. The normalized spacial score (nSPS) is 17.9. The molecule has 0 saturated carbocycles. The van der Waals surface area contributed by atoms with E-state index in [1.54, 1.807) is 6.20 Å². The molecule has 3 aromatic rings. The summed E-state index contributed by atoms with van der Waals surface area (Å²) < 4.78 is 2.03. The van der Waals surface area contributed by atoms with Crippen LogP contribution in [0.3, 0.4) is 0 Å². The highest BCUT2D eigenvalue weighted by Gasteiger charge is 2.35. The predicted octanol–water partition coefficient (Wildman–Crippen LogP) is 3.67. The van der Waals surface area contributed by atoms with Gasteiger partial charge in [0.05, 0.1) is 29.8 Å². The highest BCUT2D eigenvalue weighted by Crippen LogP contribution is 2.41. The number of hydrogen-bond donors (Lipinski definition) is 2. The van der Waals surface area contributed by atoms with Crippen LogP contribution in [-0.4, -0.2) is 25.9 Å². The van der Waals surface area contributed by atoms with Gasteiger partial charge >= 0.3 is 0 Å². The molecule has 6 nitrogen and oxygen atoms in total. The summed E-state index contributed by atoms with van der Waals surface area (Å²) in [4.78, 5) is 12.6. The summed E-state index contributed by atoms with van der Waals surface area (Å²) in [6.45, 7) is 6.60. The average molecular weight is 377 g/mol. The van der Waals surface area contributed by atoms with Crippen LogP contribution in [0.25, 0.3) is 5.69 Å². The third-order valence-electron chi connectivity index (χ3n) is 5.49. The van der Waals surface area contributed by atoms with Crippen molar-refractivity contribution >= 4 is 5.91 Å². The van der Waals surface area contributed by atoms with E-state index in [4.69, 9.17) is 0 Å². The van der Waals surface area contributed by atoms with Crippen molar-refractivity contribution in [2.45, 2.75) is 52.5 Å². The average Bonchev–Trinajstić information content (AvgIpc) is 3.29. The summed E-state index contributed by atoms with van der Waals surface area (Å²) >= 11 is 0. The molecule has 4 rings (SSSR count). The van der Waals surface area contributed by atoms with E-state index < -0.39 is 0 Å². The van der Waals surface area contributed by atoms with Gasteiger partial charge in [-0.1, -0.05) is 31.5 Å². The Bertz CT molecular complexity index is 953. The van der Waals surface area contributed by atoms with Crippen molar-refractivity contribution in [1.29, 1.82) is 0 Å². The number of rotatable bonds is 5. The quantitative estimate of drug-likeness (QED) is 0.712. The number of benzene rings is 1. The molecule has 0 fully saturated rings. The van der Waals surface area contributed by atoms with Crippen molar-refractivity contribution in [3.63, 3.8) is 0 Å². The molecule has 1 atom stereocenters. The monoisotopic (exact) mass is 377 g/mol. The van der Waals surface area contributed by atoms with E-state index in [-0.39, 0.29) is 17.4 Å². The lowest BCUT2D eigenvalue weighted by atomic mass is 9.74. The molecule has 6 heteroatoms. The summed E-state index contributed by atoms with van der Waals surface area (Å²) in [6.07, 6.45) is 8.52. The molecule has 2 aromatic heterocycles. The molecular formula is C22H27N5O. The summed E-state index contributed by atoms with van der Waals surface area (Å²) in [7, 11) is 0. The van der Waals surface area contributed by atoms with Crippen LogP contribution in [0.2, 0.25) is 0 Å². The van der Waals surface area contributed by atoms with Gasteiger partial charge in [0.25, 0.3) is 0 Å². The van der Waals surface area contributed by atoms with Gasteiger partial charge in [-0.15, -0.1) is 0 Å². The van der Waals surface area contributed by atoms with Gasteiger partial charge in [-0.3, -0.25) is 9.89 Å². The smallest absolute Gasteiger partial charge is 0.220 e. The number of nitrogens with one attached hydrogen (secondary N) is 2. The Balaban J connectivity index is 1.55. The van der Waals surface area contributed by atoms with Crippen LogP contribution in [0, 0.1) is 12.3 Å².